The van der Waals surface area contributed by atoms with E-state index in [1.165, 1.54) is 18.2 Å². The monoisotopic (exact) mass is 405 g/mol. The van der Waals surface area contributed by atoms with Crippen molar-refractivity contribution in [2.45, 2.75) is 37.0 Å². The van der Waals surface area contributed by atoms with E-state index in [4.69, 9.17) is 4.74 Å². The van der Waals surface area contributed by atoms with Crippen molar-refractivity contribution in [3.05, 3.63) is 36.4 Å². The van der Waals surface area contributed by atoms with Crippen LogP contribution in [0.15, 0.2) is 46.3 Å². The summed E-state index contributed by atoms with van der Waals surface area (Å²) in [5.41, 5.74) is 0.304. The standard InChI is InChI=1S/C19H23N3O5S/c23-18(13-27-19(24)14-6-2-1-3-7-14)21-15-8-4-9-16(12-15)28(25,26)22-17-10-5-11-20-17/h1-2,4,8-9,12,14H,3,5-7,10-11,13H2,(H,20,22)(H,21,23)/t14-/m0/s1. The maximum Gasteiger partial charge on any atom is 0.309 e. The highest BCUT2D eigenvalue weighted by Crippen LogP contribution is 2.20. The summed E-state index contributed by atoms with van der Waals surface area (Å²) in [6.45, 7) is 0.203. The number of carbonyl (C=O) groups is 2. The number of amidine groups is 1. The van der Waals surface area contributed by atoms with Gasteiger partial charge in [0.1, 0.15) is 5.84 Å². The first-order chi connectivity index (χ1) is 13.4. The average Bonchev–Trinajstić information content (AvgIpc) is 3.19. The largest absolute Gasteiger partial charge is 0.455 e. The lowest BCUT2D eigenvalue weighted by Crippen LogP contribution is -2.29. The van der Waals surface area contributed by atoms with E-state index >= 15 is 0 Å². The highest BCUT2D eigenvalue weighted by Gasteiger charge is 2.22. The molecule has 0 aromatic heterocycles. The molecule has 0 spiro atoms. The van der Waals surface area contributed by atoms with E-state index in [9.17, 15) is 18.0 Å². The Morgan fingerprint density at radius 2 is 2.11 bits per heavy atom. The van der Waals surface area contributed by atoms with E-state index in [0.717, 1.165) is 19.3 Å². The number of allylic oxidation sites excluding steroid dienone is 2. The molecule has 28 heavy (non-hydrogen) atoms. The number of anilines is 1. The van der Waals surface area contributed by atoms with Gasteiger partial charge >= 0.3 is 5.97 Å². The Morgan fingerprint density at radius 1 is 1.25 bits per heavy atom. The number of hydrogen-bond donors (Lipinski definition) is 2. The van der Waals surface area contributed by atoms with Crippen LogP contribution in [-0.2, 0) is 24.3 Å². The average molecular weight is 405 g/mol. The molecule has 150 valence electrons. The highest BCUT2D eigenvalue weighted by atomic mass is 32.2. The summed E-state index contributed by atoms with van der Waals surface area (Å²) < 4.78 is 32.4. The molecule has 1 heterocycles. The minimum atomic E-state index is -3.77. The van der Waals surface area contributed by atoms with E-state index in [1.54, 1.807) is 6.07 Å². The van der Waals surface area contributed by atoms with Gasteiger partial charge in [0.2, 0.25) is 0 Å². The Hall–Kier alpha value is -2.68. The number of amides is 1. The number of carbonyl (C=O) groups excluding carboxylic acids is 2. The van der Waals surface area contributed by atoms with Crippen molar-refractivity contribution in [2.75, 3.05) is 18.5 Å². The summed E-state index contributed by atoms with van der Waals surface area (Å²) in [6, 6.07) is 5.88. The van der Waals surface area contributed by atoms with Gasteiger partial charge in [-0.1, -0.05) is 18.2 Å². The lowest BCUT2D eigenvalue weighted by molar-refractivity contribution is -0.151. The van der Waals surface area contributed by atoms with Crippen LogP contribution in [0.2, 0.25) is 0 Å². The second-order valence-corrected chi connectivity index (χ2v) is 8.38. The van der Waals surface area contributed by atoms with Gasteiger partial charge < -0.3 is 10.1 Å². The van der Waals surface area contributed by atoms with E-state index in [2.05, 4.69) is 15.0 Å². The van der Waals surface area contributed by atoms with Crippen LogP contribution in [0.1, 0.15) is 32.1 Å². The van der Waals surface area contributed by atoms with Gasteiger partial charge in [-0.3, -0.25) is 19.3 Å². The molecule has 8 nitrogen and oxygen atoms in total. The first-order valence-corrected chi connectivity index (χ1v) is 10.7. The van der Waals surface area contributed by atoms with Crippen molar-refractivity contribution in [2.24, 2.45) is 10.9 Å². The van der Waals surface area contributed by atoms with Gasteiger partial charge in [0.15, 0.2) is 6.61 Å². The number of benzene rings is 1. The summed E-state index contributed by atoms with van der Waals surface area (Å²) in [6.07, 6.45) is 7.54. The fraction of sp³-hybridized carbons (Fsp3) is 0.421. The van der Waals surface area contributed by atoms with Crippen LogP contribution in [0.3, 0.4) is 0 Å². The van der Waals surface area contributed by atoms with Crippen molar-refractivity contribution >= 4 is 33.4 Å². The van der Waals surface area contributed by atoms with E-state index < -0.39 is 28.5 Å². The molecule has 0 radical (unpaired) electrons. The second kappa shape index (κ2) is 9.01. The maximum atomic E-state index is 12.4. The molecular weight excluding hydrogens is 382 g/mol. The zero-order chi connectivity index (χ0) is 20.0. The number of ether oxygens (including phenoxy) is 1. The molecule has 0 fully saturated rings. The number of rotatable bonds is 6. The van der Waals surface area contributed by atoms with Crippen molar-refractivity contribution in [3.8, 4) is 0 Å². The molecule has 3 rings (SSSR count). The van der Waals surface area contributed by atoms with Gasteiger partial charge in [-0.2, -0.15) is 0 Å². The minimum absolute atomic E-state index is 0.0193. The highest BCUT2D eigenvalue weighted by molar-refractivity contribution is 7.90. The van der Waals surface area contributed by atoms with Crippen molar-refractivity contribution in [1.82, 2.24) is 4.72 Å². The van der Waals surface area contributed by atoms with Crippen molar-refractivity contribution in [1.29, 1.82) is 0 Å². The van der Waals surface area contributed by atoms with Crippen LogP contribution < -0.4 is 10.0 Å². The normalized spacial score (nSPS) is 19.0. The molecule has 0 saturated carbocycles. The summed E-state index contributed by atoms with van der Waals surface area (Å²) in [5, 5.41) is 2.55. The third-order valence-corrected chi connectivity index (χ3v) is 5.88. The maximum absolute atomic E-state index is 12.4. The molecule has 1 aliphatic heterocycles. The first kappa shape index (κ1) is 20.1. The third-order valence-electron chi connectivity index (χ3n) is 4.50. The van der Waals surface area contributed by atoms with Crippen molar-refractivity contribution < 1.29 is 22.7 Å². The molecule has 1 aromatic rings. The van der Waals surface area contributed by atoms with Crippen LogP contribution in [0.4, 0.5) is 5.69 Å². The molecule has 1 aliphatic carbocycles. The molecule has 2 N–H and O–H groups in total. The summed E-state index contributed by atoms with van der Waals surface area (Å²) >= 11 is 0. The van der Waals surface area contributed by atoms with Crippen LogP contribution in [0, 0.1) is 5.92 Å². The fourth-order valence-corrected chi connectivity index (χ4v) is 4.17. The van der Waals surface area contributed by atoms with Gasteiger partial charge in [0.05, 0.1) is 10.8 Å². The van der Waals surface area contributed by atoms with E-state index in [-0.39, 0.29) is 10.8 Å². The third kappa shape index (κ3) is 5.41. The summed E-state index contributed by atoms with van der Waals surface area (Å²) in [7, 11) is -3.77. The SMILES string of the molecule is O=C(COC(=O)[C@H]1CC=CCC1)Nc1cccc(S(=O)(=O)NC2=NCCC2)c1. The van der Waals surface area contributed by atoms with Crippen LogP contribution >= 0.6 is 0 Å². The predicted octanol–water partition coefficient (Wildman–Crippen LogP) is 2.00. The summed E-state index contributed by atoms with van der Waals surface area (Å²) in [4.78, 5) is 28.1. The Kier molecular flexibility index (Phi) is 6.45. The first-order valence-electron chi connectivity index (χ1n) is 9.22. The van der Waals surface area contributed by atoms with E-state index in [1.807, 2.05) is 12.2 Å². The molecular formula is C19H23N3O5S. The zero-order valence-corrected chi connectivity index (χ0v) is 16.2. The van der Waals surface area contributed by atoms with Gasteiger partial charge in [-0.25, -0.2) is 8.42 Å². The lowest BCUT2D eigenvalue weighted by atomic mass is 9.95. The predicted molar refractivity (Wildman–Crippen MR) is 104 cm³/mol. The molecule has 1 aromatic carbocycles. The van der Waals surface area contributed by atoms with E-state index in [0.29, 0.717) is 30.9 Å². The quantitative estimate of drug-likeness (QED) is 0.555. The van der Waals surface area contributed by atoms with Crippen LogP contribution in [0.25, 0.3) is 0 Å². The number of hydrogen-bond acceptors (Lipinski definition) is 6. The topological polar surface area (TPSA) is 114 Å². The fourth-order valence-electron chi connectivity index (χ4n) is 3.04. The molecule has 0 saturated heterocycles. The van der Waals surface area contributed by atoms with Crippen molar-refractivity contribution in [3.63, 3.8) is 0 Å². The molecule has 9 heteroatoms. The Labute approximate surface area is 164 Å². The minimum Gasteiger partial charge on any atom is -0.455 e. The second-order valence-electron chi connectivity index (χ2n) is 6.70. The van der Waals surface area contributed by atoms with Gasteiger partial charge in [-0.15, -0.1) is 0 Å². The molecule has 2 aliphatic rings. The zero-order valence-electron chi connectivity index (χ0n) is 15.4. The van der Waals surface area contributed by atoms with Crippen LogP contribution in [-0.4, -0.2) is 39.3 Å². The van der Waals surface area contributed by atoms with Gasteiger partial charge in [0, 0.05) is 18.7 Å². The van der Waals surface area contributed by atoms with Crippen LogP contribution in [0.5, 0.6) is 0 Å². The Bertz CT molecular complexity index is 908. The summed E-state index contributed by atoms with van der Waals surface area (Å²) in [5.74, 6) is -0.686. The lowest BCUT2D eigenvalue weighted by Gasteiger charge is -2.16. The Morgan fingerprint density at radius 3 is 2.82 bits per heavy atom. The smallest absolute Gasteiger partial charge is 0.309 e. The molecule has 1 amide bonds. The Balaban J connectivity index is 1.55. The molecule has 0 unspecified atom stereocenters. The number of aliphatic imine (C=N–C) groups is 1. The molecule has 1 atom stereocenters. The van der Waals surface area contributed by atoms with Gasteiger partial charge in [-0.05, 0) is 43.9 Å². The number of sulfonamides is 1. The number of nitrogens with zero attached hydrogens (tertiary/aromatic N) is 1. The number of nitrogens with one attached hydrogen (secondary N) is 2. The molecule has 0 bridgehead atoms. The van der Waals surface area contributed by atoms with Gasteiger partial charge in [0.25, 0.3) is 15.9 Å². The number of esters is 1.